The second-order valence-corrected chi connectivity index (χ2v) is 13.3. The number of allylic oxidation sites excluding steroid dienone is 1. The zero-order valence-electron chi connectivity index (χ0n) is 22.2. The van der Waals surface area contributed by atoms with Crippen molar-refractivity contribution in [2.75, 3.05) is 19.6 Å². The average molecular weight is 471 g/mol. The summed E-state index contributed by atoms with van der Waals surface area (Å²) >= 11 is 0. The van der Waals surface area contributed by atoms with E-state index in [9.17, 15) is 9.59 Å². The summed E-state index contributed by atoms with van der Waals surface area (Å²) in [6.45, 7) is 12.5. The van der Waals surface area contributed by atoms with Crippen LogP contribution >= 0.6 is 0 Å². The van der Waals surface area contributed by atoms with Gasteiger partial charge in [0.2, 0.25) is 0 Å². The third kappa shape index (κ3) is 4.20. The smallest absolute Gasteiger partial charge is 0.311 e. The summed E-state index contributed by atoms with van der Waals surface area (Å²) in [7, 11) is 0. The first-order valence-electron chi connectivity index (χ1n) is 14.5. The van der Waals surface area contributed by atoms with E-state index in [2.05, 4.69) is 26.8 Å². The number of fused-ring (bicyclic) bond motifs is 5. The first-order valence-corrected chi connectivity index (χ1v) is 14.5. The second kappa shape index (κ2) is 9.37. The van der Waals surface area contributed by atoms with Crippen LogP contribution in [0.2, 0.25) is 0 Å². The van der Waals surface area contributed by atoms with Gasteiger partial charge in [0.1, 0.15) is 11.9 Å². The first kappa shape index (κ1) is 24.5. The number of esters is 1. The number of Topliss-reactive ketones (excluding diaryl/α,β-unsaturated/α-hetero) is 1. The van der Waals surface area contributed by atoms with E-state index in [0.717, 1.165) is 38.1 Å². The molecule has 3 saturated carbocycles. The van der Waals surface area contributed by atoms with Gasteiger partial charge in [0, 0.05) is 12.3 Å². The lowest BCUT2D eigenvalue weighted by Gasteiger charge is -2.58. The lowest BCUT2D eigenvalue weighted by atomic mass is 9.47. The molecule has 4 aliphatic carbocycles. The summed E-state index contributed by atoms with van der Waals surface area (Å²) in [5.41, 5.74) is 2.01. The Morgan fingerprint density at radius 3 is 2.59 bits per heavy atom. The second-order valence-electron chi connectivity index (χ2n) is 13.3. The summed E-state index contributed by atoms with van der Waals surface area (Å²) in [5.74, 6) is 3.32. The molecular weight excluding hydrogens is 422 g/mol. The van der Waals surface area contributed by atoms with Crippen LogP contribution in [0.4, 0.5) is 0 Å². The van der Waals surface area contributed by atoms with Crippen molar-refractivity contribution in [3.63, 3.8) is 0 Å². The van der Waals surface area contributed by atoms with Crippen LogP contribution in [-0.4, -0.2) is 37.5 Å². The van der Waals surface area contributed by atoms with Gasteiger partial charge in [0.25, 0.3) is 0 Å². The minimum atomic E-state index is 0.0182. The highest BCUT2D eigenvalue weighted by Gasteiger charge is 2.61. The van der Waals surface area contributed by atoms with Crippen LogP contribution in [0.15, 0.2) is 11.6 Å². The molecule has 0 spiro atoms. The molecule has 1 saturated heterocycles. The molecule has 0 amide bonds. The predicted molar refractivity (Wildman–Crippen MR) is 134 cm³/mol. The van der Waals surface area contributed by atoms with Gasteiger partial charge in [-0.3, -0.25) is 9.59 Å². The average Bonchev–Trinajstić information content (AvgIpc) is 3.08. The van der Waals surface area contributed by atoms with Crippen molar-refractivity contribution < 1.29 is 19.2 Å². The number of carbonyl (C=O) groups excluding carboxylic acids is 2. The summed E-state index contributed by atoms with van der Waals surface area (Å²) in [6, 6.07) is 0. The summed E-state index contributed by atoms with van der Waals surface area (Å²) < 4.78 is 6.02. The van der Waals surface area contributed by atoms with Crippen molar-refractivity contribution in [1.82, 2.24) is 0 Å². The molecule has 4 heteroatoms. The van der Waals surface area contributed by atoms with Crippen molar-refractivity contribution in [3.05, 3.63) is 11.6 Å². The molecule has 0 aromatic carbocycles. The van der Waals surface area contributed by atoms with Gasteiger partial charge in [0.05, 0.1) is 26.1 Å². The van der Waals surface area contributed by atoms with E-state index in [-0.39, 0.29) is 28.8 Å². The summed E-state index contributed by atoms with van der Waals surface area (Å²) in [6.07, 6.45) is 15.1. The van der Waals surface area contributed by atoms with Crippen LogP contribution in [0, 0.1) is 40.4 Å². The molecule has 4 nitrogen and oxygen atoms in total. The summed E-state index contributed by atoms with van der Waals surface area (Å²) in [5, 5.41) is 0. The number of rotatable bonds is 5. The van der Waals surface area contributed by atoms with E-state index < -0.39 is 0 Å². The van der Waals surface area contributed by atoms with Crippen LogP contribution in [0.1, 0.15) is 98.3 Å². The van der Waals surface area contributed by atoms with E-state index in [0.29, 0.717) is 30.0 Å². The van der Waals surface area contributed by atoms with Gasteiger partial charge >= 0.3 is 5.97 Å². The molecule has 190 valence electrons. The number of hydrogen-bond donors (Lipinski definition) is 1. The van der Waals surface area contributed by atoms with Crippen LogP contribution in [-0.2, 0) is 14.3 Å². The van der Waals surface area contributed by atoms with Gasteiger partial charge in [-0.2, -0.15) is 0 Å². The zero-order valence-corrected chi connectivity index (χ0v) is 22.2. The Kier molecular flexibility index (Phi) is 6.76. The van der Waals surface area contributed by atoms with Gasteiger partial charge in [-0.15, -0.1) is 0 Å². The highest BCUT2D eigenvalue weighted by molar-refractivity contribution is 5.80. The topological polar surface area (TPSA) is 47.8 Å². The van der Waals surface area contributed by atoms with Crippen LogP contribution in [0.5, 0.6) is 0 Å². The molecular formula is C30H48NO3+. The minimum Gasteiger partial charge on any atom is -0.462 e. The van der Waals surface area contributed by atoms with Gasteiger partial charge in [-0.05, 0) is 99.2 Å². The van der Waals surface area contributed by atoms with E-state index in [1.54, 1.807) is 10.5 Å². The number of hydrogen-bond acceptors (Lipinski definition) is 3. The first-order chi connectivity index (χ1) is 16.2. The zero-order chi connectivity index (χ0) is 24.1. The van der Waals surface area contributed by atoms with Gasteiger partial charge < -0.3 is 9.64 Å². The summed E-state index contributed by atoms with van der Waals surface area (Å²) in [4.78, 5) is 26.8. The number of likely N-dealkylation sites (tertiary alicyclic amines) is 1. The maximum Gasteiger partial charge on any atom is 0.311 e. The quantitative estimate of drug-likeness (QED) is 0.465. The molecule has 1 heterocycles. The highest BCUT2D eigenvalue weighted by Crippen LogP contribution is 2.67. The molecule has 8 unspecified atom stereocenters. The number of piperidine rings is 1. The van der Waals surface area contributed by atoms with E-state index in [1.165, 1.54) is 51.6 Å². The fourth-order valence-corrected chi connectivity index (χ4v) is 9.78. The molecule has 0 aromatic rings. The van der Waals surface area contributed by atoms with Crippen molar-refractivity contribution in [2.24, 2.45) is 40.4 Å². The van der Waals surface area contributed by atoms with Crippen molar-refractivity contribution in [3.8, 4) is 0 Å². The Morgan fingerprint density at radius 2 is 1.85 bits per heavy atom. The third-order valence-electron chi connectivity index (χ3n) is 11.4. The largest absolute Gasteiger partial charge is 0.462 e. The number of quaternary nitrogens is 1. The maximum atomic E-state index is 12.6. The lowest BCUT2D eigenvalue weighted by molar-refractivity contribution is -0.904. The fourth-order valence-electron chi connectivity index (χ4n) is 9.78. The minimum absolute atomic E-state index is 0.0182. The molecule has 0 bridgehead atoms. The SMILES string of the molecule is CC(=O)C1C(C)CC2C3CC=C4CC(OC(=O)CC[NH+]5CCCCC5)CCC4(C)C3CCC21C. The highest BCUT2D eigenvalue weighted by atomic mass is 16.5. The lowest BCUT2D eigenvalue weighted by Crippen LogP contribution is -3.12. The van der Waals surface area contributed by atoms with E-state index >= 15 is 0 Å². The molecule has 4 fully saturated rings. The number of ketones is 1. The van der Waals surface area contributed by atoms with Crippen LogP contribution in [0.25, 0.3) is 0 Å². The maximum absolute atomic E-state index is 12.6. The van der Waals surface area contributed by atoms with Gasteiger partial charge in [-0.25, -0.2) is 0 Å². The molecule has 1 N–H and O–H groups in total. The predicted octanol–water partition coefficient (Wildman–Crippen LogP) is 4.77. The molecule has 1 aliphatic heterocycles. The molecule has 8 atom stereocenters. The van der Waals surface area contributed by atoms with E-state index in [4.69, 9.17) is 4.74 Å². The monoisotopic (exact) mass is 470 g/mol. The van der Waals surface area contributed by atoms with E-state index in [1.807, 2.05) is 6.92 Å². The molecule has 0 radical (unpaired) electrons. The number of nitrogens with one attached hydrogen (secondary N) is 1. The standard InChI is InChI=1S/C30H47NO3/c1-20-18-26-24-9-8-22-19-23(34-27(33)12-17-31-15-6-5-7-16-31)10-13-29(22,3)25(24)11-14-30(26,4)28(20)21(2)32/h8,20,23-26,28H,5-7,9-19H2,1-4H3/p+1. The van der Waals surface area contributed by atoms with Crippen LogP contribution in [0.3, 0.4) is 0 Å². The Bertz CT molecular complexity index is 829. The Morgan fingerprint density at radius 1 is 1.09 bits per heavy atom. The molecule has 5 aliphatic rings. The Balaban J connectivity index is 1.22. The third-order valence-corrected chi connectivity index (χ3v) is 11.4. The van der Waals surface area contributed by atoms with Gasteiger partial charge in [0.15, 0.2) is 0 Å². The van der Waals surface area contributed by atoms with Crippen molar-refractivity contribution in [2.45, 2.75) is 104 Å². The van der Waals surface area contributed by atoms with Gasteiger partial charge in [-0.1, -0.05) is 32.4 Å². The fraction of sp³-hybridized carbons (Fsp3) is 0.867. The number of ether oxygens (including phenoxy) is 1. The van der Waals surface area contributed by atoms with Crippen LogP contribution < -0.4 is 4.90 Å². The Labute approximate surface area is 207 Å². The normalized spacial score (nSPS) is 44.4. The van der Waals surface area contributed by atoms with Crippen molar-refractivity contribution >= 4 is 11.8 Å². The molecule has 0 aromatic heterocycles. The Hall–Kier alpha value is -1.16. The number of carbonyl (C=O) groups is 2. The molecule has 34 heavy (non-hydrogen) atoms. The van der Waals surface area contributed by atoms with Crippen molar-refractivity contribution in [1.29, 1.82) is 0 Å². The molecule has 5 rings (SSSR count).